The van der Waals surface area contributed by atoms with Crippen LogP contribution in [-0.4, -0.2) is 24.5 Å². The van der Waals surface area contributed by atoms with E-state index in [9.17, 15) is 0 Å². The Balaban J connectivity index is 2.12. The lowest BCUT2D eigenvalue weighted by Crippen LogP contribution is -2.34. The maximum absolute atomic E-state index is 6.03. The van der Waals surface area contributed by atoms with Crippen molar-refractivity contribution in [2.24, 2.45) is 11.7 Å². The molecule has 102 valence electrons. The Morgan fingerprint density at radius 2 is 2.28 bits per heavy atom. The van der Waals surface area contributed by atoms with Gasteiger partial charge in [-0.25, -0.2) is 0 Å². The van der Waals surface area contributed by atoms with Gasteiger partial charge in [-0.3, -0.25) is 4.90 Å². The molecule has 1 aromatic heterocycles. The number of nitrogens with zero attached hydrogens (tertiary/aromatic N) is 1. The van der Waals surface area contributed by atoms with E-state index in [1.165, 1.54) is 46.6 Å². The lowest BCUT2D eigenvalue weighted by atomic mass is 10.0. The van der Waals surface area contributed by atoms with Gasteiger partial charge in [0.2, 0.25) is 0 Å². The monoisotopic (exact) mass is 330 g/mol. The van der Waals surface area contributed by atoms with Crippen LogP contribution in [0.2, 0.25) is 0 Å². The summed E-state index contributed by atoms with van der Waals surface area (Å²) in [7, 11) is 0. The summed E-state index contributed by atoms with van der Waals surface area (Å²) in [5, 5.41) is 0. The van der Waals surface area contributed by atoms with Crippen LogP contribution in [0, 0.1) is 12.8 Å². The zero-order chi connectivity index (χ0) is 13.1. The first kappa shape index (κ1) is 14.5. The summed E-state index contributed by atoms with van der Waals surface area (Å²) in [6, 6.07) is 2.66. The van der Waals surface area contributed by atoms with Crippen molar-refractivity contribution < 1.29 is 0 Å². The van der Waals surface area contributed by atoms with Crippen molar-refractivity contribution in [1.29, 1.82) is 0 Å². The summed E-state index contributed by atoms with van der Waals surface area (Å²) in [5.74, 6) is 0.866. The van der Waals surface area contributed by atoms with E-state index < -0.39 is 0 Å². The Morgan fingerprint density at radius 1 is 1.50 bits per heavy atom. The normalized spacial score (nSPS) is 23.9. The molecule has 0 saturated carbocycles. The lowest BCUT2D eigenvalue weighted by molar-refractivity contribution is 0.210. The number of nitrogens with two attached hydrogens (primary N) is 1. The fourth-order valence-electron chi connectivity index (χ4n) is 2.69. The van der Waals surface area contributed by atoms with Crippen LogP contribution in [0.5, 0.6) is 0 Å². The van der Waals surface area contributed by atoms with Gasteiger partial charge in [0.15, 0.2) is 0 Å². The van der Waals surface area contributed by atoms with Gasteiger partial charge in [0.1, 0.15) is 0 Å². The molecule has 4 heteroatoms. The van der Waals surface area contributed by atoms with Gasteiger partial charge in [0, 0.05) is 20.8 Å². The third-order valence-electron chi connectivity index (χ3n) is 3.92. The van der Waals surface area contributed by atoms with E-state index in [-0.39, 0.29) is 0 Å². The summed E-state index contributed by atoms with van der Waals surface area (Å²) < 4.78 is 1.23. The predicted octanol–water partition coefficient (Wildman–Crippen LogP) is 3.94. The maximum Gasteiger partial charge on any atom is 0.0564 e. The van der Waals surface area contributed by atoms with Crippen molar-refractivity contribution in [1.82, 2.24) is 4.90 Å². The molecule has 18 heavy (non-hydrogen) atoms. The molecule has 0 bridgehead atoms. The van der Waals surface area contributed by atoms with Crippen molar-refractivity contribution >= 4 is 27.3 Å². The zero-order valence-corrected chi connectivity index (χ0v) is 13.7. The molecule has 0 amide bonds. The summed E-state index contributed by atoms with van der Waals surface area (Å²) >= 11 is 5.49. The van der Waals surface area contributed by atoms with E-state index in [4.69, 9.17) is 5.73 Å². The van der Waals surface area contributed by atoms with Gasteiger partial charge in [-0.2, -0.15) is 0 Å². The van der Waals surface area contributed by atoms with Crippen LogP contribution in [0.3, 0.4) is 0 Å². The van der Waals surface area contributed by atoms with Gasteiger partial charge in [-0.05, 0) is 67.2 Å². The van der Waals surface area contributed by atoms with E-state index in [1.807, 2.05) is 11.3 Å². The molecule has 2 heterocycles. The molecule has 1 aromatic rings. The molecule has 0 aliphatic carbocycles. The molecular weight excluding hydrogens is 308 g/mol. The predicted molar refractivity (Wildman–Crippen MR) is 83.1 cm³/mol. The number of aryl methyl sites for hydroxylation is 1. The third-order valence-corrected chi connectivity index (χ3v) is 6.16. The molecule has 2 unspecified atom stereocenters. The Kier molecular flexibility index (Phi) is 5.24. The van der Waals surface area contributed by atoms with E-state index in [1.54, 1.807) is 0 Å². The Morgan fingerprint density at radius 3 is 2.89 bits per heavy atom. The minimum absolute atomic E-state index is 0.408. The van der Waals surface area contributed by atoms with Crippen LogP contribution >= 0.6 is 27.3 Å². The fraction of sp³-hybridized carbons (Fsp3) is 0.714. The number of thiophene rings is 1. The van der Waals surface area contributed by atoms with Gasteiger partial charge in [0.05, 0.1) is 6.04 Å². The smallest absolute Gasteiger partial charge is 0.0564 e. The van der Waals surface area contributed by atoms with Crippen molar-refractivity contribution in [3.05, 3.63) is 20.3 Å². The molecule has 0 aromatic carbocycles. The molecule has 2 nitrogen and oxygen atoms in total. The summed E-state index contributed by atoms with van der Waals surface area (Å²) in [4.78, 5) is 5.35. The first-order chi connectivity index (χ1) is 8.61. The Hall–Kier alpha value is 0.100. The number of likely N-dealkylation sites (tertiary alicyclic amines) is 1. The van der Waals surface area contributed by atoms with Crippen LogP contribution in [0.4, 0.5) is 0 Å². The molecule has 1 fully saturated rings. The Labute approximate surface area is 123 Å². The highest BCUT2D eigenvalue weighted by molar-refractivity contribution is 9.10. The van der Waals surface area contributed by atoms with Gasteiger partial charge >= 0.3 is 0 Å². The minimum Gasteiger partial charge on any atom is -0.329 e. The largest absolute Gasteiger partial charge is 0.329 e. The second-order valence-corrected chi connectivity index (χ2v) is 7.52. The third kappa shape index (κ3) is 3.35. The molecule has 1 aliphatic heterocycles. The van der Waals surface area contributed by atoms with Gasteiger partial charge in [-0.15, -0.1) is 11.3 Å². The Bertz CT molecular complexity index is 372. The van der Waals surface area contributed by atoms with Gasteiger partial charge in [-0.1, -0.05) is 6.92 Å². The highest BCUT2D eigenvalue weighted by Crippen LogP contribution is 2.34. The SMILES string of the molecule is Cc1sc(C(CN)N2CCCC(C)CC2)cc1Br. The molecule has 1 aliphatic rings. The lowest BCUT2D eigenvalue weighted by Gasteiger charge is -2.29. The second kappa shape index (κ2) is 6.51. The van der Waals surface area contributed by atoms with E-state index in [0.717, 1.165) is 12.5 Å². The van der Waals surface area contributed by atoms with Crippen molar-refractivity contribution in [3.63, 3.8) is 0 Å². The molecule has 2 N–H and O–H groups in total. The van der Waals surface area contributed by atoms with Gasteiger partial charge < -0.3 is 5.73 Å². The van der Waals surface area contributed by atoms with E-state index in [2.05, 4.69) is 40.7 Å². The molecule has 0 radical (unpaired) electrons. The molecule has 1 saturated heterocycles. The second-order valence-electron chi connectivity index (χ2n) is 5.38. The number of hydrogen-bond acceptors (Lipinski definition) is 3. The maximum atomic E-state index is 6.03. The highest BCUT2D eigenvalue weighted by atomic mass is 79.9. The highest BCUT2D eigenvalue weighted by Gasteiger charge is 2.23. The molecular formula is C14H23BrN2S. The average molecular weight is 331 g/mol. The summed E-state index contributed by atoms with van der Waals surface area (Å²) in [5.41, 5.74) is 6.03. The first-order valence-corrected chi connectivity index (χ1v) is 8.42. The quantitative estimate of drug-likeness (QED) is 0.909. The van der Waals surface area contributed by atoms with Crippen molar-refractivity contribution in [3.8, 4) is 0 Å². The summed E-state index contributed by atoms with van der Waals surface area (Å²) in [6.07, 6.45) is 3.98. The molecule has 2 rings (SSSR count). The van der Waals surface area contributed by atoms with Crippen LogP contribution in [0.1, 0.15) is 42.0 Å². The van der Waals surface area contributed by atoms with Crippen molar-refractivity contribution in [2.45, 2.75) is 39.2 Å². The average Bonchev–Trinajstić information content (AvgIpc) is 2.53. The van der Waals surface area contributed by atoms with Crippen LogP contribution in [-0.2, 0) is 0 Å². The number of rotatable bonds is 3. The van der Waals surface area contributed by atoms with E-state index >= 15 is 0 Å². The van der Waals surface area contributed by atoms with Crippen LogP contribution in [0.25, 0.3) is 0 Å². The van der Waals surface area contributed by atoms with Crippen LogP contribution < -0.4 is 5.73 Å². The first-order valence-electron chi connectivity index (χ1n) is 6.81. The van der Waals surface area contributed by atoms with Crippen molar-refractivity contribution in [2.75, 3.05) is 19.6 Å². The van der Waals surface area contributed by atoms with Gasteiger partial charge in [0.25, 0.3) is 0 Å². The fourth-order valence-corrected chi connectivity index (χ4v) is 4.40. The molecule has 2 atom stereocenters. The minimum atomic E-state index is 0.408. The van der Waals surface area contributed by atoms with E-state index in [0.29, 0.717) is 6.04 Å². The van der Waals surface area contributed by atoms with Crippen LogP contribution in [0.15, 0.2) is 10.5 Å². The summed E-state index contributed by atoms with van der Waals surface area (Å²) in [6.45, 7) is 7.64. The number of halogens is 1. The number of hydrogen-bond donors (Lipinski definition) is 1. The molecule has 0 spiro atoms. The zero-order valence-electron chi connectivity index (χ0n) is 11.3. The standard InChI is InChI=1S/C14H23BrN2S/c1-10-4-3-6-17(7-5-10)13(9-16)14-8-12(15)11(2)18-14/h8,10,13H,3-7,9,16H2,1-2H3. The topological polar surface area (TPSA) is 29.3 Å².